The Bertz CT molecular complexity index is 893. The Morgan fingerprint density at radius 3 is 2.35 bits per heavy atom. The van der Waals surface area contributed by atoms with Crippen LogP contribution in [0, 0.1) is 0 Å². The lowest BCUT2D eigenvalue weighted by Gasteiger charge is -2.33. The molecule has 3 N–H and O–H groups in total. The van der Waals surface area contributed by atoms with Crippen LogP contribution in [0.5, 0.6) is 11.5 Å². The molecule has 1 fully saturated rings. The molecule has 1 unspecified atom stereocenters. The van der Waals surface area contributed by atoms with Crippen molar-refractivity contribution in [1.82, 2.24) is 15.5 Å². The second kappa shape index (κ2) is 10.5. The van der Waals surface area contributed by atoms with E-state index in [1.54, 1.807) is 48.2 Å². The van der Waals surface area contributed by atoms with Crippen molar-refractivity contribution < 1.29 is 24.2 Å². The van der Waals surface area contributed by atoms with E-state index in [0.717, 1.165) is 0 Å². The Balaban J connectivity index is 1.38. The predicted octanol–water partition coefficient (Wildman–Crippen LogP) is 1.70. The van der Waals surface area contributed by atoms with Gasteiger partial charge < -0.3 is 25.4 Å². The number of nitrogens with one attached hydrogen (secondary N) is 2. The normalized spacial score (nSPS) is 15.1. The van der Waals surface area contributed by atoms with Crippen LogP contribution in [0.25, 0.3) is 0 Å². The zero-order chi connectivity index (χ0) is 22.2. The number of amides is 3. The molecule has 1 aliphatic rings. The lowest BCUT2D eigenvalue weighted by atomic mass is 10.0. The molecule has 1 heterocycles. The van der Waals surface area contributed by atoms with Crippen LogP contribution in [0.2, 0.25) is 0 Å². The van der Waals surface area contributed by atoms with Crippen molar-refractivity contribution in [3.05, 3.63) is 60.2 Å². The number of carbonyl (C=O) groups is 3. The first-order valence-corrected chi connectivity index (χ1v) is 10.3. The first kappa shape index (κ1) is 22.1. The van der Waals surface area contributed by atoms with Gasteiger partial charge >= 0.3 is 0 Å². The highest BCUT2D eigenvalue weighted by Crippen LogP contribution is 2.19. The van der Waals surface area contributed by atoms with Crippen molar-refractivity contribution in [1.29, 1.82) is 0 Å². The van der Waals surface area contributed by atoms with Gasteiger partial charge in [0.25, 0.3) is 11.8 Å². The van der Waals surface area contributed by atoms with Crippen molar-refractivity contribution in [2.24, 2.45) is 0 Å². The third-order valence-corrected chi connectivity index (χ3v) is 5.11. The molecular formula is C23H27N3O5. The van der Waals surface area contributed by atoms with Crippen LogP contribution in [0.3, 0.4) is 0 Å². The molecule has 8 nitrogen and oxygen atoms in total. The quantitative estimate of drug-likeness (QED) is 0.626. The lowest BCUT2D eigenvalue weighted by Crippen LogP contribution is -2.50. The van der Waals surface area contributed by atoms with Gasteiger partial charge in [-0.3, -0.25) is 14.4 Å². The van der Waals surface area contributed by atoms with Gasteiger partial charge in [-0.15, -0.1) is 0 Å². The Kier molecular flexibility index (Phi) is 7.48. The first-order chi connectivity index (χ1) is 14.9. The summed E-state index contributed by atoms with van der Waals surface area (Å²) in [6.45, 7) is 2.63. The first-order valence-electron chi connectivity index (χ1n) is 10.3. The van der Waals surface area contributed by atoms with E-state index in [1.807, 2.05) is 6.07 Å². The van der Waals surface area contributed by atoms with Gasteiger partial charge in [-0.2, -0.15) is 0 Å². The number of phenols is 1. The molecule has 164 valence electrons. The number of nitrogens with zero attached hydrogens (tertiary/aromatic N) is 1. The highest BCUT2D eigenvalue weighted by Gasteiger charge is 2.27. The third-order valence-electron chi connectivity index (χ3n) is 5.11. The number of carbonyl (C=O) groups excluding carboxylic acids is 3. The molecule has 1 atom stereocenters. The van der Waals surface area contributed by atoms with Crippen LogP contribution < -0.4 is 15.4 Å². The molecule has 0 saturated carbocycles. The summed E-state index contributed by atoms with van der Waals surface area (Å²) in [4.78, 5) is 38.5. The van der Waals surface area contributed by atoms with Crippen LogP contribution >= 0.6 is 0 Å². The number of likely N-dealkylation sites (tertiary alicyclic amines) is 1. The third kappa shape index (κ3) is 6.47. The average Bonchev–Trinajstić information content (AvgIpc) is 2.79. The molecule has 0 bridgehead atoms. The van der Waals surface area contributed by atoms with E-state index < -0.39 is 6.10 Å². The molecule has 0 aromatic heterocycles. The molecule has 0 spiro atoms. The Morgan fingerprint density at radius 1 is 1.06 bits per heavy atom. The summed E-state index contributed by atoms with van der Waals surface area (Å²) in [6.07, 6.45) is 0.621. The number of piperidine rings is 1. The summed E-state index contributed by atoms with van der Waals surface area (Å²) in [5.41, 5.74) is 0.505. The molecule has 8 heteroatoms. The molecule has 3 amide bonds. The molecule has 0 radical (unpaired) electrons. The summed E-state index contributed by atoms with van der Waals surface area (Å²) in [6, 6.07) is 14.9. The van der Waals surface area contributed by atoms with E-state index in [1.165, 1.54) is 12.1 Å². The Morgan fingerprint density at radius 2 is 1.71 bits per heavy atom. The molecule has 1 aliphatic heterocycles. The number of hydrogen-bond acceptors (Lipinski definition) is 5. The van der Waals surface area contributed by atoms with Crippen LogP contribution in [-0.2, 0) is 9.59 Å². The summed E-state index contributed by atoms with van der Waals surface area (Å²) < 4.78 is 5.65. The van der Waals surface area contributed by atoms with Gasteiger partial charge in [0, 0.05) is 24.7 Å². The minimum atomic E-state index is -0.649. The second-order valence-corrected chi connectivity index (χ2v) is 7.47. The van der Waals surface area contributed by atoms with E-state index in [0.29, 0.717) is 37.2 Å². The average molecular weight is 425 g/mol. The Labute approximate surface area is 181 Å². The van der Waals surface area contributed by atoms with Crippen LogP contribution in [-0.4, -0.2) is 59.5 Å². The maximum Gasteiger partial charge on any atom is 0.263 e. The summed E-state index contributed by atoms with van der Waals surface area (Å²) in [5, 5.41) is 14.8. The SMILES string of the molecule is CC(Oc1ccc(O)cc1)C(=O)N1CCC(NC(=O)CNC(=O)c2ccccc2)CC1. The van der Waals surface area contributed by atoms with Crippen molar-refractivity contribution in [2.75, 3.05) is 19.6 Å². The van der Waals surface area contributed by atoms with Crippen LogP contribution in [0.1, 0.15) is 30.1 Å². The lowest BCUT2D eigenvalue weighted by molar-refractivity contribution is -0.139. The highest BCUT2D eigenvalue weighted by atomic mass is 16.5. The number of rotatable bonds is 7. The van der Waals surface area contributed by atoms with E-state index >= 15 is 0 Å². The molecule has 0 aliphatic carbocycles. The van der Waals surface area contributed by atoms with Gasteiger partial charge in [-0.05, 0) is 56.2 Å². The summed E-state index contributed by atoms with van der Waals surface area (Å²) >= 11 is 0. The minimum Gasteiger partial charge on any atom is -0.508 e. The van der Waals surface area contributed by atoms with E-state index in [-0.39, 0.29) is 36.1 Å². The fraction of sp³-hybridized carbons (Fsp3) is 0.348. The van der Waals surface area contributed by atoms with Gasteiger partial charge in [0.15, 0.2) is 6.10 Å². The van der Waals surface area contributed by atoms with Crippen molar-refractivity contribution >= 4 is 17.7 Å². The van der Waals surface area contributed by atoms with E-state index in [2.05, 4.69) is 10.6 Å². The predicted molar refractivity (Wildman–Crippen MR) is 115 cm³/mol. The molecule has 2 aromatic rings. The number of aromatic hydroxyl groups is 1. The molecular weight excluding hydrogens is 398 g/mol. The van der Waals surface area contributed by atoms with Crippen molar-refractivity contribution in [3.8, 4) is 11.5 Å². The van der Waals surface area contributed by atoms with Crippen LogP contribution in [0.4, 0.5) is 0 Å². The van der Waals surface area contributed by atoms with Gasteiger partial charge in [0.1, 0.15) is 11.5 Å². The van der Waals surface area contributed by atoms with Gasteiger partial charge in [0.05, 0.1) is 6.54 Å². The number of hydrogen-bond donors (Lipinski definition) is 3. The number of benzene rings is 2. The monoisotopic (exact) mass is 425 g/mol. The molecule has 31 heavy (non-hydrogen) atoms. The molecule has 1 saturated heterocycles. The molecule has 3 rings (SSSR count). The Hall–Kier alpha value is -3.55. The zero-order valence-electron chi connectivity index (χ0n) is 17.4. The largest absolute Gasteiger partial charge is 0.508 e. The van der Waals surface area contributed by atoms with Crippen LogP contribution in [0.15, 0.2) is 54.6 Å². The fourth-order valence-corrected chi connectivity index (χ4v) is 3.41. The molecule has 2 aromatic carbocycles. The summed E-state index contributed by atoms with van der Waals surface area (Å²) in [7, 11) is 0. The standard InChI is InChI=1S/C23H27N3O5/c1-16(31-20-9-7-19(27)8-10-20)23(30)26-13-11-18(12-14-26)25-21(28)15-24-22(29)17-5-3-2-4-6-17/h2-10,16,18,27H,11-15H2,1H3,(H,24,29)(H,25,28). The second-order valence-electron chi connectivity index (χ2n) is 7.47. The fourth-order valence-electron chi connectivity index (χ4n) is 3.41. The smallest absolute Gasteiger partial charge is 0.263 e. The zero-order valence-corrected chi connectivity index (χ0v) is 17.4. The maximum absolute atomic E-state index is 12.6. The van der Waals surface area contributed by atoms with E-state index in [9.17, 15) is 19.5 Å². The number of phenolic OH excluding ortho intramolecular Hbond substituents is 1. The van der Waals surface area contributed by atoms with Crippen molar-refractivity contribution in [3.63, 3.8) is 0 Å². The number of ether oxygens (including phenoxy) is 1. The van der Waals surface area contributed by atoms with Crippen molar-refractivity contribution in [2.45, 2.75) is 31.9 Å². The minimum absolute atomic E-state index is 0.0431. The maximum atomic E-state index is 12.6. The van der Waals surface area contributed by atoms with Gasteiger partial charge in [0.2, 0.25) is 5.91 Å². The highest BCUT2D eigenvalue weighted by molar-refractivity contribution is 5.96. The van der Waals surface area contributed by atoms with Gasteiger partial charge in [-0.1, -0.05) is 18.2 Å². The van der Waals surface area contributed by atoms with Gasteiger partial charge in [-0.25, -0.2) is 0 Å². The van der Waals surface area contributed by atoms with E-state index in [4.69, 9.17) is 4.74 Å². The summed E-state index contributed by atoms with van der Waals surface area (Å²) in [5.74, 6) is -0.0155. The topological polar surface area (TPSA) is 108 Å².